The minimum Gasteiger partial charge on any atom is -0.493 e. The molecule has 1 aliphatic rings. The molecule has 1 fully saturated rings. The second-order valence-electron chi connectivity index (χ2n) is 7.72. The Kier molecular flexibility index (Phi) is 6.05. The number of benzene rings is 2. The molecular formula is C24H29N3O. The first-order valence-corrected chi connectivity index (χ1v) is 10.5. The number of nitrogens with zero attached hydrogens (tertiary/aromatic N) is 3. The summed E-state index contributed by atoms with van der Waals surface area (Å²) in [6.07, 6.45) is 9.81. The maximum Gasteiger partial charge on any atom is 0.128 e. The maximum absolute atomic E-state index is 5.86. The van der Waals surface area contributed by atoms with Gasteiger partial charge in [-0.2, -0.15) is 0 Å². The van der Waals surface area contributed by atoms with Gasteiger partial charge in [0.1, 0.15) is 11.4 Å². The van der Waals surface area contributed by atoms with Crippen molar-refractivity contribution in [2.45, 2.75) is 57.9 Å². The van der Waals surface area contributed by atoms with E-state index >= 15 is 0 Å². The van der Waals surface area contributed by atoms with Gasteiger partial charge >= 0.3 is 0 Å². The molecule has 1 aliphatic carbocycles. The van der Waals surface area contributed by atoms with Crippen LogP contribution in [-0.4, -0.2) is 21.6 Å². The molecule has 146 valence electrons. The van der Waals surface area contributed by atoms with Gasteiger partial charge in [0.25, 0.3) is 0 Å². The van der Waals surface area contributed by atoms with Crippen molar-refractivity contribution in [3.8, 4) is 17.0 Å². The van der Waals surface area contributed by atoms with Gasteiger partial charge in [0.05, 0.1) is 19.3 Å². The Bertz CT molecular complexity index is 879. The minimum absolute atomic E-state index is 0.707. The molecule has 0 unspecified atom stereocenters. The van der Waals surface area contributed by atoms with Crippen LogP contribution in [0.4, 0.5) is 0 Å². The fraction of sp³-hybridized carbons (Fsp3) is 0.417. The Morgan fingerprint density at radius 3 is 2.57 bits per heavy atom. The van der Waals surface area contributed by atoms with E-state index in [1.165, 1.54) is 43.2 Å². The van der Waals surface area contributed by atoms with Gasteiger partial charge in [0, 0.05) is 5.56 Å². The summed E-state index contributed by atoms with van der Waals surface area (Å²) in [4.78, 5) is 0. The third kappa shape index (κ3) is 4.44. The zero-order valence-corrected chi connectivity index (χ0v) is 16.7. The van der Waals surface area contributed by atoms with E-state index < -0.39 is 0 Å². The molecule has 1 saturated carbocycles. The first kappa shape index (κ1) is 18.7. The SMILES string of the molecule is CCCOc1ccccc1-c1cn(Cc2ccc(C3CCCCC3)cc2)nn1. The number of hydrogen-bond acceptors (Lipinski definition) is 3. The highest BCUT2D eigenvalue weighted by molar-refractivity contribution is 5.66. The maximum atomic E-state index is 5.86. The zero-order chi connectivity index (χ0) is 19.2. The fourth-order valence-corrected chi connectivity index (χ4v) is 4.03. The van der Waals surface area contributed by atoms with E-state index in [1.54, 1.807) is 0 Å². The Hall–Kier alpha value is -2.62. The van der Waals surface area contributed by atoms with E-state index in [0.717, 1.165) is 35.9 Å². The molecule has 4 rings (SSSR count). The lowest BCUT2D eigenvalue weighted by atomic mass is 9.84. The largest absolute Gasteiger partial charge is 0.493 e. The molecule has 0 saturated heterocycles. The molecule has 1 heterocycles. The van der Waals surface area contributed by atoms with Gasteiger partial charge in [-0.15, -0.1) is 5.10 Å². The lowest BCUT2D eigenvalue weighted by Crippen LogP contribution is -2.05. The van der Waals surface area contributed by atoms with E-state index in [2.05, 4.69) is 41.5 Å². The molecule has 28 heavy (non-hydrogen) atoms. The number of rotatable bonds is 7. The summed E-state index contributed by atoms with van der Waals surface area (Å²) in [5.74, 6) is 1.62. The van der Waals surface area contributed by atoms with Crippen LogP contribution in [0.15, 0.2) is 54.7 Å². The van der Waals surface area contributed by atoms with Crippen molar-refractivity contribution in [3.05, 3.63) is 65.9 Å². The number of aromatic nitrogens is 3. The van der Waals surface area contributed by atoms with Gasteiger partial charge in [-0.05, 0) is 48.4 Å². The lowest BCUT2D eigenvalue weighted by molar-refractivity contribution is 0.318. The van der Waals surface area contributed by atoms with Gasteiger partial charge in [-0.3, -0.25) is 0 Å². The summed E-state index contributed by atoms with van der Waals surface area (Å²) in [5.41, 5.74) is 4.59. The van der Waals surface area contributed by atoms with Gasteiger partial charge in [0.15, 0.2) is 0 Å². The van der Waals surface area contributed by atoms with Crippen molar-refractivity contribution in [3.63, 3.8) is 0 Å². The molecule has 1 aromatic heterocycles. The predicted molar refractivity (Wildman–Crippen MR) is 113 cm³/mol. The Morgan fingerprint density at radius 1 is 1.00 bits per heavy atom. The third-order valence-corrected chi connectivity index (χ3v) is 5.56. The number of hydrogen-bond donors (Lipinski definition) is 0. The monoisotopic (exact) mass is 375 g/mol. The Balaban J connectivity index is 1.45. The molecule has 3 aromatic rings. The first-order chi connectivity index (χ1) is 13.8. The fourth-order valence-electron chi connectivity index (χ4n) is 4.03. The third-order valence-electron chi connectivity index (χ3n) is 5.56. The Morgan fingerprint density at radius 2 is 1.79 bits per heavy atom. The highest BCUT2D eigenvalue weighted by Gasteiger charge is 2.15. The van der Waals surface area contributed by atoms with Crippen LogP contribution in [0.25, 0.3) is 11.3 Å². The van der Waals surface area contributed by atoms with Crippen molar-refractivity contribution >= 4 is 0 Å². The lowest BCUT2D eigenvalue weighted by Gasteiger charge is -2.22. The molecule has 4 heteroatoms. The zero-order valence-electron chi connectivity index (χ0n) is 16.7. The van der Waals surface area contributed by atoms with E-state index in [0.29, 0.717) is 6.61 Å². The van der Waals surface area contributed by atoms with E-state index in [1.807, 2.05) is 35.1 Å². The van der Waals surface area contributed by atoms with E-state index in [4.69, 9.17) is 4.74 Å². The Labute approximate surface area is 167 Å². The number of para-hydroxylation sites is 1. The van der Waals surface area contributed by atoms with E-state index in [-0.39, 0.29) is 0 Å². The normalized spacial score (nSPS) is 14.9. The standard InChI is InChI=1S/C24H29N3O/c1-2-16-28-24-11-7-6-10-22(24)23-18-27(26-25-23)17-19-12-14-21(15-13-19)20-8-4-3-5-9-20/h6-7,10-15,18,20H,2-5,8-9,16-17H2,1H3. The molecule has 0 N–H and O–H groups in total. The first-order valence-electron chi connectivity index (χ1n) is 10.5. The van der Waals surface area contributed by atoms with Crippen LogP contribution in [-0.2, 0) is 6.54 Å². The topological polar surface area (TPSA) is 39.9 Å². The molecular weight excluding hydrogens is 346 g/mol. The van der Waals surface area contributed by atoms with Crippen LogP contribution < -0.4 is 4.74 Å². The highest BCUT2D eigenvalue weighted by atomic mass is 16.5. The van der Waals surface area contributed by atoms with Gasteiger partial charge in [-0.25, -0.2) is 4.68 Å². The summed E-state index contributed by atoms with van der Waals surface area (Å²) in [7, 11) is 0. The summed E-state index contributed by atoms with van der Waals surface area (Å²) >= 11 is 0. The van der Waals surface area contributed by atoms with Gasteiger partial charge in [-0.1, -0.05) is 67.8 Å². The van der Waals surface area contributed by atoms with Gasteiger partial charge in [0.2, 0.25) is 0 Å². The second-order valence-corrected chi connectivity index (χ2v) is 7.72. The van der Waals surface area contributed by atoms with E-state index in [9.17, 15) is 0 Å². The van der Waals surface area contributed by atoms with Crippen molar-refractivity contribution in [2.24, 2.45) is 0 Å². The smallest absolute Gasteiger partial charge is 0.128 e. The molecule has 0 spiro atoms. The van der Waals surface area contributed by atoms with Crippen molar-refractivity contribution in [1.82, 2.24) is 15.0 Å². The summed E-state index contributed by atoms with van der Waals surface area (Å²) in [5, 5.41) is 8.71. The van der Waals surface area contributed by atoms with Crippen LogP contribution in [0.3, 0.4) is 0 Å². The molecule has 4 nitrogen and oxygen atoms in total. The quantitative estimate of drug-likeness (QED) is 0.521. The van der Waals surface area contributed by atoms with Crippen LogP contribution >= 0.6 is 0 Å². The summed E-state index contributed by atoms with van der Waals surface area (Å²) in [6.45, 7) is 3.55. The van der Waals surface area contributed by atoms with Crippen LogP contribution in [0, 0.1) is 0 Å². The average Bonchev–Trinajstić information content (AvgIpc) is 3.22. The molecule has 0 aliphatic heterocycles. The molecule has 0 bridgehead atoms. The molecule has 0 radical (unpaired) electrons. The molecule has 0 atom stereocenters. The van der Waals surface area contributed by atoms with Crippen molar-refractivity contribution in [1.29, 1.82) is 0 Å². The van der Waals surface area contributed by atoms with Crippen LogP contribution in [0.1, 0.15) is 62.5 Å². The molecule has 0 amide bonds. The average molecular weight is 376 g/mol. The van der Waals surface area contributed by atoms with Gasteiger partial charge < -0.3 is 4.74 Å². The van der Waals surface area contributed by atoms with Crippen molar-refractivity contribution < 1.29 is 4.74 Å². The van der Waals surface area contributed by atoms with Crippen LogP contribution in [0.2, 0.25) is 0 Å². The van der Waals surface area contributed by atoms with Crippen LogP contribution in [0.5, 0.6) is 5.75 Å². The summed E-state index contributed by atoms with van der Waals surface area (Å²) < 4.78 is 7.77. The van der Waals surface area contributed by atoms with Crippen molar-refractivity contribution in [2.75, 3.05) is 6.61 Å². The summed E-state index contributed by atoms with van der Waals surface area (Å²) in [6, 6.07) is 17.1. The minimum atomic E-state index is 0.707. The highest BCUT2D eigenvalue weighted by Crippen LogP contribution is 2.32. The predicted octanol–water partition coefficient (Wildman–Crippen LogP) is 5.83. The molecule has 2 aromatic carbocycles. The number of ether oxygens (including phenoxy) is 1. The second kappa shape index (κ2) is 9.05.